The number of hydrogen-bond acceptors (Lipinski definition) is 3. The molecule has 3 heteroatoms. The summed E-state index contributed by atoms with van der Waals surface area (Å²) in [7, 11) is 0. The van der Waals surface area contributed by atoms with Crippen molar-refractivity contribution in [1.82, 2.24) is 0 Å². The molecule has 1 atom stereocenters. The van der Waals surface area contributed by atoms with Gasteiger partial charge in [0.15, 0.2) is 0 Å². The van der Waals surface area contributed by atoms with Gasteiger partial charge in [0.1, 0.15) is 5.84 Å². The first-order valence-corrected chi connectivity index (χ1v) is 4.96. The maximum Gasteiger partial charge on any atom is 0.118 e. The Bertz CT molecular complexity index is 357. The molecule has 0 unspecified atom stereocenters. The lowest BCUT2D eigenvalue weighted by Crippen LogP contribution is -2.36. The van der Waals surface area contributed by atoms with Crippen molar-refractivity contribution in [1.29, 1.82) is 0 Å². The first-order chi connectivity index (χ1) is 6.81. The summed E-state index contributed by atoms with van der Waals surface area (Å²) in [6, 6.07) is 8.22. The monoisotopic (exact) mass is 189 g/mol. The fraction of sp³-hybridized carbons (Fsp3) is 0.364. The summed E-state index contributed by atoms with van der Waals surface area (Å²) in [5, 5.41) is 3.27. The van der Waals surface area contributed by atoms with Gasteiger partial charge in [0.2, 0.25) is 0 Å². The van der Waals surface area contributed by atoms with Crippen molar-refractivity contribution in [2.24, 2.45) is 10.7 Å². The minimum absolute atomic E-state index is 0.0309. The van der Waals surface area contributed by atoms with E-state index in [4.69, 9.17) is 5.73 Å². The third-order valence-electron chi connectivity index (χ3n) is 2.49. The van der Waals surface area contributed by atoms with Crippen LogP contribution in [0.1, 0.15) is 18.9 Å². The van der Waals surface area contributed by atoms with Gasteiger partial charge in [-0.15, -0.1) is 0 Å². The van der Waals surface area contributed by atoms with Crippen molar-refractivity contribution in [2.45, 2.75) is 25.9 Å². The molecule has 0 aromatic heterocycles. The highest BCUT2D eigenvalue weighted by molar-refractivity contribution is 6.00. The number of amidine groups is 1. The summed E-state index contributed by atoms with van der Waals surface area (Å²) in [6.07, 6.45) is 0.911. The third-order valence-corrected chi connectivity index (χ3v) is 2.49. The zero-order valence-electron chi connectivity index (χ0n) is 8.33. The number of rotatable bonds is 2. The van der Waals surface area contributed by atoms with E-state index in [9.17, 15) is 0 Å². The first kappa shape index (κ1) is 9.21. The third kappa shape index (κ3) is 1.63. The summed E-state index contributed by atoms with van der Waals surface area (Å²) < 4.78 is 0. The molecule has 0 spiro atoms. The Kier molecular flexibility index (Phi) is 2.50. The van der Waals surface area contributed by atoms with Crippen LogP contribution in [0.4, 0.5) is 5.69 Å². The van der Waals surface area contributed by atoms with E-state index in [0.717, 1.165) is 24.5 Å². The topological polar surface area (TPSA) is 50.4 Å². The Hall–Kier alpha value is -1.35. The SMILES string of the molecule is CC[C@@H](N)C1=NCc2ccccc2N1. The molecule has 0 amide bonds. The van der Waals surface area contributed by atoms with Crippen LogP contribution in [-0.2, 0) is 6.54 Å². The summed E-state index contributed by atoms with van der Waals surface area (Å²) in [5.41, 5.74) is 8.29. The lowest BCUT2D eigenvalue weighted by atomic mass is 10.1. The molecule has 0 saturated heterocycles. The highest BCUT2D eigenvalue weighted by Crippen LogP contribution is 2.20. The fourth-order valence-corrected chi connectivity index (χ4v) is 1.53. The van der Waals surface area contributed by atoms with Gasteiger partial charge in [-0.25, -0.2) is 0 Å². The second-order valence-corrected chi connectivity index (χ2v) is 3.50. The molecular weight excluding hydrogens is 174 g/mol. The van der Waals surface area contributed by atoms with Crippen LogP contribution < -0.4 is 11.1 Å². The van der Waals surface area contributed by atoms with Gasteiger partial charge in [-0.2, -0.15) is 0 Å². The fourth-order valence-electron chi connectivity index (χ4n) is 1.53. The van der Waals surface area contributed by atoms with Gasteiger partial charge in [0.25, 0.3) is 0 Å². The van der Waals surface area contributed by atoms with Crippen molar-refractivity contribution < 1.29 is 0 Å². The van der Waals surface area contributed by atoms with Gasteiger partial charge in [-0.3, -0.25) is 4.99 Å². The standard InChI is InChI=1S/C11H15N3/c1-2-9(12)11-13-7-8-5-3-4-6-10(8)14-11/h3-6,9H,2,7,12H2,1H3,(H,13,14)/t9-/m1/s1. The highest BCUT2D eigenvalue weighted by atomic mass is 15.1. The Morgan fingerprint density at radius 3 is 3.07 bits per heavy atom. The highest BCUT2D eigenvalue weighted by Gasteiger charge is 2.14. The maximum absolute atomic E-state index is 5.91. The quantitative estimate of drug-likeness (QED) is 0.744. The first-order valence-electron chi connectivity index (χ1n) is 4.96. The number of nitrogens with two attached hydrogens (primary N) is 1. The molecule has 1 aliphatic heterocycles. The van der Waals surface area contributed by atoms with Gasteiger partial charge in [-0.05, 0) is 18.1 Å². The van der Waals surface area contributed by atoms with E-state index in [1.54, 1.807) is 0 Å². The molecule has 0 radical (unpaired) electrons. The summed E-state index contributed by atoms with van der Waals surface area (Å²) in [5.74, 6) is 0.909. The van der Waals surface area contributed by atoms with Crippen LogP contribution >= 0.6 is 0 Å². The van der Waals surface area contributed by atoms with E-state index >= 15 is 0 Å². The Labute approximate surface area is 84.0 Å². The second kappa shape index (κ2) is 3.80. The van der Waals surface area contributed by atoms with Crippen molar-refractivity contribution in [3.05, 3.63) is 29.8 Å². The lowest BCUT2D eigenvalue weighted by Gasteiger charge is -2.21. The predicted octanol–water partition coefficient (Wildman–Crippen LogP) is 1.75. The van der Waals surface area contributed by atoms with Crippen LogP contribution in [0, 0.1) is 0 Å². The molecule has 0 fully saturated rings. The normalized spacial score (nSPS) is 16.6. The molecule has 2 rings (SSSR count). The van der Waals surface area contributed by atoms with Crippen molar-refractivity contribution in [2.75, 3.05) is 5.32 Å². The predicted molar refractivity (Wildman–Crippen MR) is 59.5 cm³/mol. The van der Waals surface area contributed by atoms with Crippen LogP contribution in [-0.4, -0.2) is 11.9 Å². The number of aliphatic imine (C=N–C) groups is 1. The number of nitrogens with one attached hydrogen (secondary N) is 1. The van der Waals surface area contributed by atoms with Crippen LogP contribution in [0.5, 0.6) is 0 Å². The molecule has 14 heavy (non-hydrogen) atoms. The Morgan fingerprint density at radius 1 is 1.50 bits per heavy atom. The van der Waals surface area contributed by atoms with Gasteiger partial charge in [0.05, 0.1) is 12.6 Å². The lowest BCUT2D eigenvalue weighted by molar-refractivity contribution is 0.804. The molecular formula is C11H15N3. The molecule has 0 saturated carbocycles. The average molecular weight is 189 g/mol. The second-order valence-electron chi connectivity index (χ2n) is 3.50. The zero-order valence-corrected chi connectivity index (χ0v) is 8.33. The van der Waals surface area contributed by atoms with Gasteiger partial charge in [0, 0.05) is 5.69 Å². The molecule has 1 aromatic rings. The molecule has 74 valence electrons. The number of fused-ring (bicyclic) bond motifs is 1. The smallest absolute Gasteiger partial charge is 0.118 e. The Balaban J connectivity index is 2.21. The van der Waals surface area contributed by atoms with Crippen LogP contribution in [0.15, 0.2) is 29.3 Å². The van der Waals surface area contributed by atoms with Gasteiger partial charge >= 0.3 is 0 Å². The number of benzene rings is 1. The number of para-hydroxylation sites is 1. The largest absolute Gasteiger partial charge is 0.342 e. The minimum atomic E-state index is 0.0309. The van der Waals surface area contributed by atoms with E-state index in [1.807, 2.05) is 12.1 Å². The number of anilines is 1. The van der Waals surface area contributed by atoms with Crippen LogP contribution in [0.25, 0.3) is 0 Å². The average Bonchev–Trinajstić information content (AvgIpc) is 2.27. The molecule has 0 bridgehead atoms. The molecule has 1 heterocycles. The molecule has 1 aromatic carbocycles. The maximum atomic E-state index is 5.91. The van der Waals surface area contributed by atoms with Crippen molar-refractivity contribution in [3.8, 4) is 0 Å². The van der Waals surface area contributed by atoms with E-state index in [-0.39, 0.29) is 6.04 Å². The number of hydrogen-bond donors (Lipinski definition) is 2. The van der Waals surface area contributed by atoms with E-state index in [0.29, 0.717) is 0 Å². The Morgan fingerprint density at radius 2 is 2.29 bits per heavy atom. The number of nitrogens with zero attached hydrogens (tertiary/aromatic N) is 1. The molecule has 1 aliphatic rings. The zero-order chi connectivity index (χ0) is 9.97. The summed E-state index contributed by atoms with van der Waals surface area (Å²) in [4.78, 5) is 4.42. The summed E-state index contributed by atoms with van der Waals surface area (Å²) in [6.45, 7) is 2.81. The van der Waals surface area contributed by atoms with E-state index in [2.05, 4.69) is 29.4 Å². The van der Waals surface area contributed by atoms with E-state index < -0.39 is 0 Å². The minimum Gasteiger partial charge on any atom is -0.342 e. The van der Waals surface area contributed by atoms with Gasteiger partial charge in [-0.1, -0.05) is 25.1 Å². The molecule has 0 aliphatic carbocycles. The van der Waals surface area contributed by atoms with Gasteiger partial charge < -0.3 is 11.1 Å². The summed E-state index contributed by atoms with van der Waals surface area (Å²) >= 11 is 0. The van der Waals surface area contributed by atoms with Crippen molar-refractivity contribution >= 4 is 11.5 Å². The van der Waals surface area contributed by atoms with E-state index in [1.165, 1.54) is 5.56 Å². The van der Waals surface area contributed by atoms with Crippen LogP contribution in [0.3, 0.4) is 0 Å². The van der Waals surface area contributed by atoms with Crippen molar-refractivity contribution in [3.63, 3.8) is 0 Å². The van der Waals surface area contributed by atoms with Crippen LogP contribution in [0.2, 0.25) is 0 Å². The molecule has 3 nitrogen and oxygen atoms in total. The molecule has 3 N–H and O–H groups in total.